The number of hydrogen-bond donors (Lipinski definition) is 2. The maximum absolute atomic E-state index is 11.0. The minimum atomic E-state index is -0.396. The van der Waals surface area contributed by atoms with E-state index in [4.69, 9.17) is 20.5 Å². The van der Waals surface area contributed by atoms with E-state index in [1.807, 2.05) is 0 Å². The highest BCUT2D eigenvalue weighted by atomic mass is 16.6. The first kappa shape index (κ1) is 15.3. The van der Waals surface area contributed by atoms with Crippen LogP contribution in [0.5, 0.6) is 0 Å². The molecule has 0 radical (unpaired) electrons. The topological polar surface area (TPSA) is 91.0 Å². The van der Waals surface area contributed by atoms with Crippen LogP contribution in [0.4, 0.5) is 0 Å². The van der Waals surface area contributed by atoms with Crippen LogP contribution in [-0.2, 0) is 19.1 Å². The summed E-state index contributed by atoms with van der Waals surface area (Å²) in [6.45, 7) is 2.69. The molecule has 0 spiro atoms. The van der Waals surface area contributed by atoms with Gasteiger partial charge in [-0.3, -0.25) is 4.79 Å². The Hall–Kier alpha value is -0.690. The van der Waals surface area contributed by atoms with Gasteiger partial charge in [-0.25, -0.2) is 5.90 Å². The van der Waals surface area contributed by atoms with Crippen molar-refractivity contribution in [1.29, 1.82) is 0 Å². The van der Waals surface area contributed by atoms with E-state index in [0.29, 0.717) is 26.1 Å². The van der Waals surface area contributed by atoms with E-state index in [2.05, 4.69) is 4.84 Å². The number of carbonyl (C=O) groups is 1. The standard InChI is InChI=1S/C10H21NO5/c1-2-14-10(13)5-3-4-6-15-9(7-12)8-16-11/h9,12H,2-8,11H2,1H3. The number of ether oxygens (including phenoxy) is 2. The summed E-state index contributed by atoms with van der Waals surface area (Å²) in [6.07, 6.45) is 1.45. The average molecular weight is 235 g/mol. The van der Waals surface area contributed by atoms with Crippen LogP contribution in [0.15, 0.2) is 0 Å². The van der Waals surface area contributed by atoms with Crippen LogP contribution in [0.2, 0.25) is 0 Å². The van der Waals surface area contributed by atoms with E-state index in [-0.39, 0.29) is 19.2 Å². The molecule has 1 atom stereocenters. The molecule has 0 aromatic carbocycles. The van der Waals surface area contributed by atoms with Gasteiger partial charge in [0.25, 0.3) is 0 Å². The molecule has 3 N–H and O–H groups in total. The molecule has 1 unspecified atom stereocenters. The summed E-state index contributed by atoms with van der Waals surface area (Å²) in [4.78, 5) is 15.3. The van der Waals surface area contributed by atoms with Gasteiger partial charge in [0.05, 0.1) is 19.8 Å². The number of aliphatic hydroxyl groups excluding tert-OH is 1. The van der Waals surface area contributed by atoms with Gasteiger partial charge in [0.1, 0.15) is 6.10 Å². The number of esters is 1. The molecule has 0 aliphatic rings. The van der Waals surface area contributed by atoms with Crippen molar-refractivity contribution >= 4 is 5.97 Å². The number of carbonyl (C=O) groups excluding carboxylic acids is 1. The first-order valence-corrected chi connectivity index (χ1v) is 5.44. The van der Waals surface area contributed by atoms with Gasteiger partial charge in [-0.2, -0.15) is 0 Å². The van der Waals surface area contributed by atoms with Crippen molar-refractivity contribution in [3.8, 4) is 0 Å². The van der Waals surface area contributed by atoms with Crippen LogP contribution in [-0.4, -0.2) is 43.6 Å². The van der Waals surface area contributed by atoms with Gasteiger partial charge in [0.15, 0.2) is 0 Å². The fourth-order valence-corrected chi connectivity index (χ4v) is 1.12. The molecule has 0 aromatic rings. The predicted octanol–water partition coefficient (Wildman–Crippen LogP) is -0.0124. The molecule has 0 fully saturated rings. The number of unbranched alkanes of at least 4 members (excludes halogenated alkanes) is 1. The summed E-state index contributed by atoms with van der Waals surface area (Å²) in [5.41, 5.74) is 0. The van der Waals surface area contributed by atoms with Crippen LogP contribution in [0.25, 0.3) is 0 Å². The summed E-state index contributed by atoms with van der Waals surface area (Å²) in [7, 11) is 0. The minimum absolute atomic E-state index is 0.130. The van der Waals surface area contributed by atoms with Gasteiger partial charge >= 0.3 is 5.97 Å². The van der Waals surface area contributed by atoms with Crippen molar-refractivity contribution in [1.82, 2.24) is 0 Å². The molecule has 0 saturated heterocycles. The minimum Gasteiger partial charge on any atom is -0.466 e. The van der Waals surface area contributed by atoms with Crippen molar-refractivity contribution in [2.45, 2.75) is 32.3 Å². The molecule has 0 rings (SSSR count). The van der Waals surface area contributed by atoms with Gasteiger partial charge in [0.2, 0.25) is 0 Å². The Morgan fingerprint density at radius 2 is 2.19 bits per heavy atom. The summed E-state index contributed by atoms with van der Waals surface area (Å²) >= 11 is 0. The zero-order valence-electron chi connectivity index (χ0n) is 9.68. The maximum Gasteiger partial charge on any atom is 0.305 e. The Morgan fingerprint density at radius 1 is 1.44 bits per heavy atom. The molecule has 0 bridgehead atoms. The molecular formula is C10H21NO5. The second-order valence-electron chi connectivity index (χ2n) is 3.27. The van der Waals surface area contributed by atoms with Crippen LogP contribution in [0.1, 0.15) is 26.2 Å². The normalized spacial score (nSPS) is 12.4. The Kier molecular flexibility index (Phi) is 10.3. The van der Waals surface area contributed by atoms with Crippen LogP contribution in [0.3, 0.4) is 0 Å². The lowest BCUT2D eigenvalue weighted by Gasteiger charge is -2.13. The van der Waals surface area contributed by atoms with Gasteiger partial charge in [-0.05, 0) is 19.8 Å². The zero-order valence-corrected chi connectivity index (χ0v) is 9.68. The quantitative estimate of drug-likeness (QED) is 0.314. The largest absolute Gasteiger partial charge is 0.466 e. The molecule has 0 aliphatic heterocycles. The lowest BCUT2D eigenvalue weighted by atomic mass is 10.2. The van der Waals surface area contributed by atoms with E-state index in [1.54, 1.807) is 6.92 Å². The third-order valence-corrected chi connectivity index (χ3v) is 1.92. The number of rotatable bonds is 10. The van der Waals surface area contributed by atoms with Crippen molar-refractivity contribution in [3.63, 3.8) is 0 Å². The average Bonchev–Trinajstić information content (AvgIpc) is 2.27. The predicted molar refractivity (Wildman–Crippen MR) is 57.4 cm³/mol. The van der Waals surface area contributed by atoms with E-state index in [0.717, 1.165) is 6.42 Å². The smallest absolute Gasteiger partial charge is 0.305 e. The molecule has 0 amide bonds. The van der Waals surface area contributed by atoms with E-state index < -0.39 is 6.10 Å². The van der Waals surface area contributed by atoms with Gasteiger partial charge in [-0.1, -0.05) is 0 Å². The fourth-order valence-electron chi connectivity index (χ4n) is 1.12. The summed E-state index contributed by atoms with van der Waals surface area (Å²) < 4.78 is 10.0. The summed E-state index contributed by atoms with van der Waals surface area (Å²) in [5.74, 6) is 4.67. The Bertz CT molecular complexity index is 177. The van der Waals surface area contributed by atoms with E-state index >= 15 is 0 Å². The monoisotopic (exact) mass is 235 g/mol. The SMILES string of the molecule is CCOC(=O)CCCCOC(CO)CON. The Labute approximate surface area is 95.6 Å². The number of aliphatic hydroxyl groups is 1. The highest BCUT2D eigenvalue weighted by Crippen LogP contribution is 2.00. The number of nitrogens with two attached hydrogens (primary N) is 1. The molecule has 0 heterocycles. The van der Waals surface area contributed by atoms with Crippen molar-refractivity contribution < 1.29 is 24.2 Å². The highest BCUT2D eigenvalue weighted by Gasteiger charge is 2.07. The van der Waals surface area contributed by atoms with Crippen molar-refractivity contribution in [3.05, 3.63) is 0 Å². The maximum atomic E-state index is 11.0. The second-order valence-corrected chi connectivity index (χ2v) is 3.27. The van der Waals surface area contributed by atoms with Gasteiger partial charge in [-0.15, -0.1) is 0 Å². The molecule has 6 nitrogen and oxygen atoms in total. The molecule has 0 aliphatic carbocycles. The van der Waals surface area contributed by atoms with Crippen molar-refractivity contribution in [2.75, 3.05) is 26.4 Å². The summed E-state index contributed by atoms with van der Waals surface area (Å²) in [5, 5.41) is 8.84. The fraction of sp³-hybridized carbons (Fsp3) is 0.900. The third-order valence-electron chi connectivity index (χ3n) is 1.92. The second kappa shape index (κ2) is 10.8. The Morgan fingerprint density at radius 3 is 2.75 bits per heavy atom. The van der Waals surface area contributed by atoms with E-state index in [1.165, 1.54) is 0 Å². The van der Waals surface area contributed by atoms with Gasteiger partial charge < -0.3 is 19.4 Å². The lowest BCUT2D eigenvalue weighted by molar-refractivity contribution is -0.143. The molecule has 96 valence electrons. The molecule has 0 saturated carbocycles. The number of hydrogen-bond acceptors (Lipinski definition) is 6. The van der Waals surface area contributed by atoms with Crippen LogP contribution in [0, 0.1) is 0 Å². The summed E-state index contributed by atoms with van der Waals surface area (Å²) in [6, 6.07) is 0. The lowest BCUT2D eigenvalue weighted by Crippen LogP contribution is -2.26. The first-order chi connectivity index (χ1) is 7.74. The molecule has 6 heteroatoms. The molecular weight excluding hydrogens is 214 g/mol. The van der Waals surface area contributed by atoms with Crippen molar-refractivity contribution in [2.24, 2.45) is 5.90 Å². The third kappa shape index (κ3) is 8.60. The van der Waals surface area contributed by atoms with E-state index in [9.17, 15) is 4.79 Å². The molecule has 16 heavy (non-hydrogen) atoms. The van der Waals surface area contributed by atoms with Crippen LogP contribution < -0.4 is 5.90 Å². The van der Waals surface area contributed by atoms with Gasteiger partial charge in [0, 0.05) is 13.0 Å². The first-order valence-electron chi connectivity index (χ1n) is 5.44. The van der Waals surface area contributed by atoms with Crippen LogP contribution >= 0.6 is 0 Å². The highest BCUT2D eigenvalue weighted by molar-refractivity contribution is 5.69. The zero-order chi connectivity index (χ0) is 12.2. The Balaban J connectivity index is 3.34. The molecule has 0 aromatic heterocycles.